The molecule has 0 bridgehead atoms. The van der Waals surface area contributed by atoms with Crippen LogP contribution in [-0.4, -0.2) is 9.97 Å². The number of imidazole rings is 1. The first-order chi connectivity index (χ1) is 6.25. The Morgan fingerprint density at radius 2 is 2.38 bits per heavy atom. The van der Waals surface area contributed by atoms with Crippen molar-refractivity contribution in [2.24, 2.45) is 5.92 Å². The van der Waals surface area contributed by atoms with Crippen LogP contribution in [0.3, 0.4) is 0 Å². The lowest BCUT2D eigenvalue weighted by atomic mass is 10.1. The highest BCUT2D eigenvalue weighted by atomic mass is 14.9. The van der Waals surface area contributed by atoms with Crippen LogP contribution in [0.25, 0.3) is 6.08 Å². The van der Waals surface area contributed by atoms with Crippen LogP contribution in [-0.2, 0) is 12.8 Å². The van der Waals surface area contributed by atoms with Crippen LogP contribution >= 0.6 is 0 Å². The van der Waals surface area contributed by atoms with Gasteiger partial charge in [0, 0.05) is 12.1 Å². The Morgan fingerprint density at radius 3 is 3.08 bits per heavy atom. The molecule has 1 aliphatic rings. The van der Waals surface area contributed by atoms with Crippen molar-refractivity contribution in [3.05, 3.63) is 23.3 Å². The minimum atomic E-state index is 0.677. The number of hydrogen-bond donors (Lipinski definition) is 1. The van der Waals surface area contributed by atoms with Crippen molar-refractivity contribution >= 4 is 6.08 Å². The van der Waals surface area contributed by atoms with Crippen LogP contribution in [0.15, 0.2) is 6.08 Å². The smallest absolute Gasteiger partial charge is 0.107 e. The van der Waals surface area contributed by atoms with E-state index in [1.54, 1.807) is 0 Å². The maximum atomic E-state index is 4.55. The second-order valence-corrected chi connectivity index (χ2v) is 4.09. The van der Waals surface area contributed by atoms with Crippen molar-refractivity contribution in [3.8, 4) is 0 Å². The average Bonchev–Trinajstić information content (AvgIpc) is 2.44. The molecule has 2 nitrogen and oxygen atoms in total. The molecule has 13 heavy (non-hydrogen) atoms. The van der Waals surface area contributed by atoms with Gasteiger partial charge in [-0.15, -0.1) is 0 Å². The fourth-order valence-electron chi connectivity index (χ4n) is 1.71. The highest BCUT2D eigenvalue weighted by Crippen LogP contribution is 2.17. The summed E-state index contributed by atoms with van der Waals surface area (Å²) in [5.41, 5.74) is 2.47. The molecule has 2 rings (SSSR count). The molecule has 0 aliphatic heterocycles. The second-order valence-electron chi connectivity index (χ2n) is 4.09. The summed E-state index contributed by atoms with van der Waals surface area (Å²) in [5, 5.41) is 0. The molecule has 1 aliphatic carbocycles. The monoisotopic (exact) mass is 176 g/mol. The third-order valence-electron chi connectivity index (χ3n) is 2.30. The van der Waals surface area contributed by atoms with Crippen LogP contribution in [0.1, 0.15) is 37.5 Å². The van der Waals surface area contributed by atoms with Gasteiger partial charge in [-0.05, 0) is 24.8 Å². The van der Waals surface area contributed by atoms with E-state index >= 15 is 0 Å². The average molecular weight is 176 g/mol. The van der Waals surface area contributed by atoms with Crippen molar-refractivity contribution in [1.29, 1.82) is 0 Å². The normalized spacial score (nSPS) is 15.0. The van der Waals surface area contributed by atoms with Gasteiger partial charge in [-0.2, -0.15) is 0 Å². The Bertz CT molecular complexity index is 321. The standard InChI is InChI=1S/C11H16N2/c1-8(2)7-11-12-9-5-3-4-6-10(9)13-11/h3,5,8H,4,6-7H2,1-2H3,(H,12,13). The van der Waals surface area contributed by atoms with E-state index in [1.165, 1.54) is 5.69 Å². The van der Waals surface area contributed by atoms with E-state index in [4.69, 9.17) is 0 Å². The topological polar surface area (TPSA) is 28.7 Å². The highest BCUT2D eigenvalue weighted by Gasteiger charge is 2.10. The van der Waals surface area contributed by atoms with Gasteiger partial charge in [-0.25, -0.2) is 4.98 Å². The Kier molecular flexibility index (Phi) is 2.21. The van der Waals surface area contributed by atoms with Crippen LogP contribution in [0.5, 0.6) is 0 Å². The minimum absolute atomic E-state index is 0.677. The summed E-state index contributed by atoms with van der Waals surface area (Å²) < 4.78 is 0. The second kappa shape index (κ2) is 3.36. The van der Waals surface area contributed by atoms with Crippen LogP contribution in [0.2, 0.25) is 0 Å². The number of aryl methyl sites for hydroxylation is 1. The zero-order valence-electron chi connectivity index (χ0n) is 8.30. The third kappa shape index (κ3) is 1.82. The summed E-state index contributed by atoms with van der Waals surface area (Å²) >= 11 is 0. The molecule has 0 radical (unpaired) electrons. The summed E-state index contributed by atoms with van der Waals surface area (Å²) in [6, 6.07) is 0. The molecule has 0 unspecified atom stereocenters. The van der Waals surface area contributed by atoms with Gasteiger partial charge in [-0.1, -0.05) is 19.9 Å². The van der Waals surface area contributed by atoms with Gasteiger partial charge >= 0.3 is 0 Å². The lowest BCUT2D eigenvalue weighted by Gasteiger charge is -2.00. The third-order valence-corrected chi connectivity index (χ3v) is 2.30. The van der Waals surface area contributed by atoms with E-state index in [0.717, 1.165) is 30.8 Å². The lowest BCUT2D eigenvalue weighted by Crippen LogP contribution is -1.96. The molecule has 1 aromatic heterocycles. The maximum Gasteiger partial charge on any atom is 0.107 e. The van der Waals surface area contributed by atoms with E-state index in [2.05, 4.69) is 36.0 Å². The molecule has 1 aromatic rings. The first-order valence-electron chi connectivity index (χ1n) is 5.00. The Balaban J connectivity index is 2.21. The zero-order valence-corrected chi connectivity index (χ0v) is 8.30. The van der Waals surface area contributed by atoms with Crippen molar-refractivity contribution in [3.63, 3.8) is 0 Å². The first kappa shape index (κ1) is 8.54. The number of aromatic nitrogens is 2. The Morgan fingerprint density at radius 1 is 1.54 bits per heavy atom. The molecule has 1 heterocycles. The minimum Gasteiger partial charge on any atom is -0.345 e. The number of rotatable bonds is 2. The predicted octanol–water partition coefficient (Wildman–Crippen LogP) is 2.57. The Hall–Kier alpha value is -1.05. The molecule has 0 spiro atoms. The predicted molar refractivity (Wildman–Crippen MR) is 54.5 cm³/mol. The Labute approximate surface area is 79.1 Å². The van der Waals surface area contributed by atoms with Crippen LogP contribution in [0.4, 0.5) is 0 Å². The highest BCUT2D eigenvalue weighted by molar-refractivity contribution is 5.50. The van der Waals surface area contributed by atoms with E-state index in [1.807, 2.05) is 0 Å². The molecule has 2 heteroatoms. The SMILES string of the molecule is CC(C)Cc1nc2c([nH]1)CCC=C2. The van der Waals surface area contributed by atoms with Crippen molar-refractivity contribution in [2.75, 3.05) is 0 Å². The number of nitrogens with one attached hydrogen (secondary N) is 1. The van der Waals surface area contributed by atoms with Gasteiger partial charge < -0.3 is 4.98 Å². The number of aromatic amines is 1. The van der Waals surface area contributed by atoms with Gasteiger partial charge in [0.2, 0.25) is 0 Å². The van der Waals surface area contributed by atoms with Crippen molar-refractivity contribution in [2.45, 2.75) is 33.1 Å². The number of hydrogen-bond acceptors (Lipinski definition) is 1. The number of allylic oxidation sites excluding steroid dienone is 1. The molecular formula is C11H16N2. The fraction of sp³-hybridized carbons (Fsp3) is 0.545. The summed E-state index contributed by atoms with van der Waals surface area (Å²) in [7, 11) is 0. The molecule has 0 aromatic carbocycles. The van der Waals surface area contributed by atoms with Crippen molar-refractivity contribution < 1.29 is 0 Å². The molecule has 0 saturated heterocycles. The van der Waals surface area contributed by atoms with Gasteiger partial charge in [0.15, 0.2) is 0 Å². The van der Waals surface area contributed by atoms with E-state index in [9.17, 15) is 0 Å². The number of fused-ring (bicyclic) bond motifs is 1. The summed E-state index contributed by atoms with van der Waals surface area (Å²) in [5.74, 6) is 1.82. The maximum absolute atomic E-state index is 4.55. The van der Waals surface area contributed by atoms with Gasteiger partial charge in [0.25, 0.3) is 0 Å². The van der Waals surface area contributed by atoms with E-state index in [0.29, 0.717) is 5.92 Å². The lowest BCUT2D eigenvalue weighted by molar-refractivity contribution is 0.624. The summed E-state index contributed by atoms with van der Waals surface area (Å²) in [6.45, 7) is 4.44. The molecular weight excluding hydrogens is 160 g/mol. The molecule has 0 atom stereocenters. The summed E-state index contributed by atoms with van der Waals surface area (Å²) in [6.07, 6.45) is 7.65. The summed E-state index contributed by atoms with van der Waals surface area (Å²) in [4.78, 5) is 7.95. The van der Waals surface area contributed by atoms with Gasteiger partial charge in [0.05, 0.1) is 5.69 Å². The van der Waals surface area contributed by atoms with Gasteiger partial charge in [-0.3, -0.25) is 0 Å². The largest absolute Gasteiger partial charge is 0.345 e. The molecule has 0 fully saturated rings. The van der Waals surface area contributed by atoms with Crippen LogP contribution < -0.4 is 0 Å². The quantitative estimate of drug-likeness (QED) is 0.737. The zero-order chi connectivity index (χ0) is 9.26. The molecule has 0 amide bonds. The first-order valence-corrected chi connectivity index (χ1v) is 5.00. The fourth-order valence-corrected chi connectivity index (χ4v) is 1.71. The number of nitrogens with zero attached hydrogens (tertiary/aromatic N) is 1. The van der Waals surface area contributed by atoms with Crippen LogP contribution in [0, 0.1) is 5.92 Å². The molecule has 0 saturated carbocycles. The van der Waals surface area contributed by atoms with E-state index < -0.39 is 0 Å². The molecule has 1 N–H and O–H groups in total. The van der Waals surface area contributed by atoms with Crippen molar-refractivity contribution in [1.82, 2.24) is 9.97 Å². The van der Waals surface area contributed by atoms with Gasteiger partial charge in [0.1, 0.15) is 5.82 Å². The molecule has 70 valence electrons. The number of H-pyrrole nitrogens is 1. The van der Waals surface area contributed by atoms with E-state index in [-0.39, 0.29) is 0 Å².